The maximum absolute atomic E-state index is 13.1. The molecule has 140 valence electrons. The van der Waals surface area contributed by atoms with Crippen molar-refractivity contribution in [3.8, 4) is 5.75 Å². The fraction of sp³-hybridized carbons (Fsp3) is 0.364. The monoisotopic (exact) mass is 364 g/mol. The fourth-order valence-corrected chi connectivity index (χ4v) is 4.02. The Balaban J connectivity index is 1.56. The van der Waals surface area contributed by atoms with E-state index in [9.17, 15) is 9.59 Å². The van der Waals surface area contributed by atoms with E-state index < -0.39 is 5.60 Å². The Kier molecular flexibility index (Phi) is 4.60. The molecule has 2 aliphatic rings. The van der Waals surface area contributed by atoms with Gasteiger partial charge in [-0.2, -0.15) is 0 Å². The first-order valence-electron chi connectivity index (χ1n) is 9.48. The average molecular weight is 364 g/mol. The summed E-state index contributed by atoms with van der Waals surface area (Å²) in [6, 6.07) is 17.1. The van der Waals surface area contributed by atoms with E-state index in [2.05, 4.69) is 5.32 Å². The first-order chi connectivity index (χ1) is 13.1. The Morgan fingerprint density at radius 3 is 2.70 bits per heavy atom. The van der Waals surface area contributed by atoms with E-state index in [1.54, 1.807) is 6.07 Å². The molecule has 0 unspecified atom stereocenters. The molecule has 0 bridgehead atoms. The number of rotatable bonds is 2. The number of hydrogen-bond donors (Lipinski definition) is 1. The highest BCUT2D eigenvalue weighted by atomic mass is 16.5. The molecule has 2 heterocycles. The normalized spacial score (nSPS) is 23.0. The number of ether oxygens (including phenoxy) is 1. The van der Waals surface area contributed by atoms with Crippen molar-refractivity contribution in [2.24, 2.45) is 0 Å². The summed E-state index contributed by atoms with van der Waals surface area (Å²) in [4.78, 5) is 27.4. The lowest BCUT2D eigenvalue weighted by Gasteiger charge is -2.42. The topological polar surface area (TPSA) is 58.6 Å². The van der Waals surface area contributed by atoms with Crippen LogP contribution in [0.5, 0.6) is 5.75 Å². The number of para-hydroxylation sites is 1. The molecule has 2 amide bonds. The predicted octanol–water partition coefficient (Wildman–Crippen LogP) is 2.97. The van der Waals surface area contributed by atoms with Gasteiger partial charge in [0.25, 0.3) is 5.91 Å². The number of nitrogens with zero attached hydrogens (tertiary/aromatic N) is 1. The van der Waals surface area contributed by atoms with Gasteiger partial charge in [0.15, 0.2) is 0 Å². The first-order valence-corrected chi connectivity index (χ1v) is 9.48. The lowest BCUT2D eigenvalue weighted by Crippen LogP contribution is -2.58. The number of piperidine rings is 1. The molecule has 4 rings (SSSR count). The predicted molar refractivity (Wildman–Crippen MR) is 103 cm³/mol. The smallest absolute Gasteiger partial charge is 0.255 e. The molecular weight excluding hydrogens is 340 g/mol. The quantitative estimate of drug-likeness (QED) is 0.891. The molecule has 1 spiro atoms. The summed E-state index contributed by atoms with van der Waals surface area (Å²) in [5.41, 5.74) is 0.991. The summed E-state index contributed by atoms with van der Waals surface area (Å²) >= 11 is 0. The van der Waals surface area contributed by atoms with Crippen LogP contribution in [-0.2, 0) is 4.79 Å². The van der Waals surface area contributed by atoms with Crippen molar-refractivity contribution in [1.82, 2.24) is 10.2 Å². The number of amides is 2. The third kappa shape index (κ3) is 3.42. The van der Waals surface area contributed by atoms with Gasteiger partial charge >= 0.3 is 0 Å². The van der Waals surface area contributed by atoms with Crippen LogP contribution in [0.2, 0.25) is 0 Å². The number of benzene rings is 2. The Morgan fingerprint density at radius 2 is 1.89 bits per heavy atom. The minimum absolute atomic E-state index is 0.104. The molecule has 0 radical (unpaired) electrons. The minimum atomic E-state index is -0.577. The van der Waals surface area contributed by atoms with Crippen LogP contribution in [0.3, 0.4) is 0 Å². The molecule has 2 aliphatic heterocycles. The Morgan fingerprint density at radius 1 is 1.15 bits per heavy atom. The number of hydrogen-bond acceptors (Lipinski definition) is 3. The van der Waals surface area contributed by atoms with Crippen molar-refractivity contribution >= 4 is 11.8 Å². The second-order valence-corrected chi connectivity index (χ2v) is 7.46. The van der Waals surface area contributed by atoms with Crippen LogP contribution < -0.4 is 10.1 Å². The van der Waals surface area contributed by atoms with Gasteiger partial charge in [0, 0.05) is 6.54 Å². The van der Waals surface area contributed by atoms with Gasteiger partial charge in [-0.15, -0.1) is 0 Å². The number of nitrogens with one attached hydrogen (secondary N) is 1. The third-order valence-electron chi connectivity index (χ3n) is 5.55. The summed E-state index contributed by atoms with van der Waals surface area (Å²) in [6.45, 7) is 3.56. The largest absolute Gasteiger partial charge is 0.483 e. The minimum Gasteiger partial charge on any atom is -0.483 e. The molecule has 1 N–H and O–H groups in total. The molecule has 2 atom stereocenters. The molecule has 2 aromatic rings. The van der Waals surface area contributed by atoms with Gasteiger partial charge in [0.2, 0.25) is 5.91 Å². The van der Waals surface area contributed by atoms with Gasteiger partial charge in [-0.25, -0.2) is 0 Å². The third-order valence-corrected chi connectivity index (χ3v) is 5.55. The van der Waals surface area contributed by atoms with E-state index in [1.165, 1.54) is 0 Å². The average Bonchev–Trinajstić information content (AvgIpc) is 2.84. The van der Waals surface area contributed by atoms with Crippen LogP contribution in [0.4, 0.5) is 0 Å². The van der Waals surface area contributed by atoms with Crippen LogP contribution >= 0.6 is 0 Å². The van der Waals surface area contributed by atoms with Crippen molar-refractivity contribution in [3.63, 3.8) is 0 Å². The van der Waals surface area contributed by atoms with E-state index in [0.29, 0.717) is 24.4 Å². The fourth-order valence-electron chi connectivity index (χ4n) is 4.02. The van der Waals surface area contributed by atoms with Gasteiger partial charge < -0.3 is 15.0 Å². The van der Waals surface area contributed by atoms with Crippen molar-refractivity contribution in [2.75, 3.05) is 19.6 Å². The Bertz CT molecular complexity index is 852. The molecule has 5 nitrogen and oxygen atoms in total. The van der Waals surface area contributed by atoms with Crippen molar-refractivity contribution in [1.29, 1.82) is 0 Å². The van der Waals surface area contributed by atoms with E-state index >= 15 is 0 Å². The standard InChI is InChI=1S/C22H24N2O3/c1-16(17-8-3-2-4-9-17)21(26)24-13-7-12-22(15-24)14-23-20(25)18-10-5-6-11-19(18)27-22/h2-6,8-11,16H,7,12-15H2,1H3,(H,23,25)/t16-,22-/m0/s1. The number of likely N-dealkylation sites (tertiary alicyclic amines) is 1. The molecule has 0 aliphatic carbocycles. The van der Waals surface area contributed by atoms with Gasteiger partial charge in [0.1, 0.15) is 11.4 Å². The highest BCUT2D eigenvalue weighted by Gasteiger charge is 2.42. The van der Waals surface area contributed by atoms with E-state index in [4.69, 9.17) is 4.74 Å². The molecule has 1 fully saturated rings. The van der Waals surface area contributed by atoms with Gasteiger partial charge in [-0.3, -0.25) is 9.59 Å². The maximum Gasteiger partial charge on any atom is 0.255 e. The zero-order valence-electron chi connectivity index (χ0n) is 15.5. The van der Waals surface area contributed by atoms with Crippen molar-refractivity contribution < 1.29 is 14.3 Å². The molecule has 5 heteroatoms. The van der Waals surface area contributed by atoms with Crippen LogP contribution in [0.25, 0.3) is 0 Å². The Labute approximate surface area is 159 Å². The lowest BCUT2D eigenvalue weighted by molar-refractivity contribution is -0.138. The zero-order chi connectivity index (χ0) is 18.9. The summed E-state index contributed by atoms with van der Waals surface area (Å²) in [7, 11) is 0. The van der Waals surface area contributed by atoms with E-state index in [-0.39, 0.29) is 17.7 Å². The molecule has 27 heavy (non-hydrogen) atoms. The van der Waals surface area contributed by atoms with Crippen molar-refractivity contribution in [2.45, 2.75) is 31.3 Å². The highest BCUT2D eigenvalue weighted by molar-refractivity contribution is 5.97. The summed E-state index contributed by atoms with van der Waals surface area (Å²) < 4.78 is 6.34. The van der Waals surface area contributed by atoms with Crippen molar-refractivity contribution in [3.05, 3.63) is 65.7 Å². The zero-order valence-corrected chi connectivity index (χ0v) is 15.5. The second kappa shape index (κ2) is 7.06. The Hall–Kier alpha value is -2.82. The molecule has 0 saturated carbocycles. The number of carbonyl (C=O) groups is 2. The lowest BCUT2D eigenvalue weighted by atomic mass is 9.90. The van der Waals surface area contributed by atoms with Crippen LogP contribution in [0, 0.1) is 0 Å². The maximum atomic E-state index is 13.1. The number of carbonyl (C=O) groups excluding carboxylic acids is 2. The summed E-state index contributed by atoms with van der Waals surface area (Å²) in [6.07, 6.45) is 1.66. The van der Waals surface area contributed by atoms with Crippen LogP contribution in [0.15, 0.2) is 54.6 Å². The highest BCUT2D eigenvalue weighted by Crippen LogP contribution is 2.33. The van der Waals surface area contributed by atoms with E-state index in [1.807, 2.05) is 60.4 Å². The number of fused-ring (bicyclic) bond motifs is 1. The molecule has 1 saturated heterocycles. The van der Waals surface area contributed by atoms with Gasteiger partial charge in [-0.1, -0.05) is 42.5 Å². The summed E-state index contributed by atoms with van der Waals surface area (Å²) in [5.74, 6) is 0.378. The van der Waals surface area contributed by atoms with Gasteiger partial charge in [-0.05, 0) is 37.5 Å². The SMILES string of the molecule is C[C@H](C(=O)N1CCC[C@]2(CNC(=O)c3ccccc3O2)C1)c1ccccc1. The van der Waals surface area contributed by atoms with Crippen LogP contribution in [0.1, 0.15) is 41.6 Å². The molecular formula is C22H24N2O3. The molecule has 2 aromatic carbocycles. The van der Waals surface area contributed by atoms with E-state index in [0.717, 1.165) is 24.9 Å². The molecule has 0 aromatic heterocycles. The summed E-state index contributed by atoms with van der Waals surface area (Å²) in [5, 5.41) is 2.98. The first kappa shape index (κ1) is 17.6. The van der Waals surface area contributed by atoms with Gasteiger partial charge in [0.05, 0.1) is 24.6 Å². The second-order valence-electron chi connectivity index (χ2n) is 7.46. The van der Waals surface area contributed by atoms with Crippen LogP contribution in [-0.4, -0.2) is 41.9 Å².